The Morgan fingerprint density at radius 2 is 1.80 bits per heavy atom. The Hall–Kier alpha value is 0.117. The summed E-state index contributed by atoms with van der Waals surface area (Å²) >= 11 is 0. The third kappa shape index (κ3) is 9.07. The molecule has 15 heavy (non-hydrogen) atoms. The molecule has 0 bridgehead atoms. The number of hydrogen-bond donors (Lipinski definition) is 0. The largest absolute Gasteiger partial charge is 0.443 e. The maximum atomic E-state index is 11.4. The Balaban J connectivity index is 4.46. The molecule has 0 aromatic rings. The van der Waals surface area contributed by atoms with Crippen molar-refractivity contribution in [2.75, 3.05) is 11.5 Å². The zero-order chi connectivity index (χ0) is 12.1. The van der Waals surface area contributed by atoms with Gasteiger partial charge in [-0.3, -0.25) is 3.77 Å². The van der Waals surface area contributed by atoms with Crippen molar-refractivity contribution in [3.8, 4) is 0 Å². The highest BCUT2D eigenvalue weighted by Gasteiger charge is 2.16. The van der Waals surface area contributed by atoms with Crippen molar-refractivity contribution in [2.45, 2.75) is 39.0 Å². The molecule has 0 aromatic heterocycles. The minimum atomic E-state index is -3.48. The molecule has 0 aliphatic carbocycles. The maximum Gasteiger partial charge on any atom is 0.231 e. The summed E-state index contributed by atoms with van der Waals surface area (Å²) in [5.41, 5.74) is 0. The topological polar surface area (TPSA) is 63.6 Å². The zero-order valence-electron chi connectivity index (χ0n) is 9.82. The first kappa shape index (κ1) is 15.1. The van der Waals surface area contributed by atoms with Crippen molar-refractivity contribution in [1.29, 1.82) is 0 Å². The van der Waals surface area contributed by atoms with Gasteiger partial charge in [0.1, 0.15) is 0 Å². The van der Waals surface area contributed by atoms with E-state index in [2.05, 4.69) is 23.4 Å². The molecule has 0 heterocycles. The summed E-state index contributed by atoms with van der Waals surface area (Å²) in [5, 5.41) is 0. The Morgan fingerprint density at radius 1 is 1.27 bits per heavy atom. The van der Waals surface area contributed by atoms with Gasteiger partial charge in [-0.2, -0.15) is 10.6 Å². The van der Waals surface area contributed by atoms with Gasteiger partial charge < -0.3 is 4.21 Å². The van der Waals surface area contributed by atoms with Crippen LogP contribution in [0.1, 0.15) is 13.3 Å². The van der Waals surface area contributed by atoms with Gasteiger partial charge in [0.05, 0.1) is 5.75 Å². The summed E-state index contributed by atoms with van der Waals surface area (Å²) in [4.78, 5) is 0. The van der Waals surface area contributed by atoms with E-state index in [1.165, 1.54) is 0 Å². The van der Waals surface area contributed by atoms with Crippen molar-refractivity contribution in [3.63, 3.8) is 0 Å². The van der Waals surface area contributed by atoms with E-state index >= 15 is 0 Å². The van der Waals surface area contributed by atoms with E-state index in [0.29, 0.717) is 18.2 Å². The third-order valence-electron chi connectivity index (χ3n) is 1.69. The molecule has 0 radical (unpaired) electrons. The lowest BCUT2D eigenvalue weighted by atomic mass is 10.6. The molecule has 92 valence electrons. The van der Waals surface area contributed by atoms with E-state index in [0.717, 1.165) is 0 Å². The average Bonchev–Trinajstić information content (AvgIpc) is 1.99. The van der Waals surface area contributed by atoms with Gasteiger partial charge in [0.25, 0.3) is 0 Å². The van der Waals surface area contributed by atoms with Crippen LogP contribution in [0.15, 0.2) is 3.77 Å². The SMILES string of the molecule is CCC[S-](=O)=NS(=O)(=O)CC[Si](C)(C)C. The van der Waals surface area contributed by atoms with Gasteiger partial charge in [-0.15, -0.1) is 0 Å². The lowest BCUT2D eigenvalue weighted by Crippen LogP contribution is -2.23. The number of nitrogens with zero attached hydrogens (tertiary/aromatic N) is 1. The van der Waals surface area contributed by atoms with E-state index in [-0.39, 0.29) is 5.75 Å². The van der Waals surface area contributed by atoms with Crippen LogP contribution >= 0.6 is 0 Å². The highest BCUT2D eigenvalue weighted by atomic mass is 32.3. The standard InChI is InChI=1S/C8H20NO3S2Si/c1-5-6-13(10)9-14(11,12)7-8-15(2,3)4/h5-8H2,1-4H3/q-1. The van der Waals surface area contributed by atoms with E-state index in [1.807, 2.05) is 6.92 Å². The molecule has 0 unspecified atom stereocenters. The number of sulfonamides is 1. The molecule has 0 saturated heterocycles. The first-order valence-corrected chi connectivity index (χ1v) is 11.6. The van der Waals surface area contributed by atoms with Gasteiger partial charge in [0.2, 0.25) is 10.0 Å². The van der Waals surface area contributed by atoms with Gasteiger partial charge in [0.15, 0.2) is 0 Å². The van der Waals surface area contributed by atoms with E-state index in [1.54, 1.807) is 0 Å². The quantitative estimate of drug-likeness (QED) is 0.549. The maximum absolute atomic E-state index is 11.4. The van der Waals surface area contributed by atoms with Crippen molar-refractivity contribution in [1.82, 2.24) is 0 Å². The Morgan fingerprint density at radius 3 is 2.20 bits per heavy atom. The van der Waals surface area contributed by atoms with Crippen LogP contribution in [0.3, 0.4) is 0 Å². The molecular formula is C8H20NO3S2Si-. The molecular weight excluding hydrogens is 250 g/mol. The van der Waals surface area contributed by atoms with Crippen LogP contribution < -0.4 is 0 Å². The molecule has 0 aromatic carbocycles. The summed E-state index contributed by atoms with van der Waals surface area (Å²) < 4.78 is 37.4. The molecule has 0 rings (SSSR count). The van der Waals surface area contributed by atoms with Gasteiger partial charge in [0, 0.05) is 8.07 Å². The molecule has 0 aliphatic heterocycles. The van der Waals surface area contributed by atoms with E-state index < -0.39 is 28.7 Å². The number of rotatable bonds is 6. The molecule has 0 N–H and O–H groups in total. The molecule has 7 heteroatoms. The average molecular weight is 270 g/mol. The fourth-order valence-electron chi connectivity index (χ4n) is 0.811. The predicted molar refractivity (Wildman–Crippen MR) is 67.6 cm³/mol. The Labute approximate surface area is 95.7 Å². The molecule has 0 saturated carbocycles. The van der Waals surface area contributed by atoms with Gasteiger partial charge in [-0.05, 0) is 6.04 Å². The summed E-state index contributed by atoms with van der Waals surface area (Å²) in [6.45, 7) is 8.16. The fraction of sp³-hybridized carbons (Fsp3) is 1.00. The zero-order valence-corrected chi connectivity index (χ0v) is 12.4. The third-order valence-corrected chi connectivity index (χ3v) is 6.85. The van der Waals surface area contributed by atoms with Crippen molar-refractivity contribution in [3.05, 3.63) is 0 Å². The molecule has 0 spiro atoms. The van der Waals surface area contributed by atoms with Crippen LogP contribution in [0.4, 0.5) is 0 Å². The van der Waals surface area contributed by atoms with Gasteiger partial charge in [-0.25, -0.2) is 8.42 Å². The highest BCUT2D eigenvalue weighted by Crippen LogP contribution is 2.10. The van der Waals surface area contributed by atoms with Crippen LogP contribution in [0.25, 0.3) is 0 Å². The second-order valence-corrected chi connectivity index (χ2v) is 13.5. The summed E-state index contributed by atoms with van der Waals surface area (Å²) in [6, 6.07) is 0.669. The first-order chi connectivity index (χ1) is 6.66. The minimum absolute atomic E-state index is 0.0399. The van der Waals surface area contributed by atoms with E-state index in [9.17, 15) is 12.6 Å². The minimum Gasteiger partial charge on any atom is -0.443 e. The van der Waals surface area contributed by atoms with Crippen molar-refractivity contribution in [2.24, 2.45) is 3.77 Å². The molecule has 0 amide bonds. The molecule has 0 fully saturated rings. The smallest absolute Gasteiger partial charge is 0.231 e. The lowest BCUT2D eigenvalue weighted by Gasteiger charge is -2.14. The predicted octanol–water partition coefficient (Wildman–Crippen LogP) is 2.21. The second-order valence-electron chi connectivity index (χ2n) is 4.70. The number of hydrogen-bond acceptors (Lipinski definition) is 4. The van der Waals surface area contributed by atoms with E-state index in [4.69, 9.17) is 0 Å². The van der Waals surface area contributed by atoms with Crippen LogP contribution in [0, 0.1) is 0 Å². The van der Waals surface area contributed by atoms with Crippen molar-refractivity contribution >= 4 is 28.7 Å². The Bertz CT molecular complexity index is 364. The van der Waals surface area contributed by atoms with Crippen LogP contribution in [-0.4, -0.2) is 28.0 Å². The monoisotopic (exact) mass is 270 g/mol. The van der Waals surface area contributed by atoms with Crippen LogP contribution in [0.5, 0.6) is 0 Å². The fourth-order valence-corrected chi connectivity index (χ4v) is 6.25. The normalized spacial score (nSPS) is 15.5. The van der Waals surface area contributed by atoms with Crippen LogP contribution in [-0.2, 0) is 24.8 Å². The van der Waals surface area contributed by atoms with Crippen LogP contribution in [0.2, 0.25) is 25.7 Å². The first-order valence-electron chi connectivity index (χ1n) is 5.00. The summed E-state index contributed by atoms with van der Waals surface area (Å²) in [7, 11) is -6.42. The van der Waals surface area contributed by atoms with Crippen molar-refractivity contribution < 1.29 is 12.6 Å². The highest BCUT2D eigenvalue weighted by molar-refractivity contribution is 7.96. The summed E-state index contributed by atoms with van der Waals surface area (Å²) in [6.07, 6.45) is 0.680. The molecule has 4 nitrogen and oxygen atoms in total. The second kappa shape index (κ2) is 6.00. The molecule has 0 atom stereocenters. The summed E-state index contributed by atoms with van der Waals surface area (Å²) in [5.74, 6) is 0.365. The Kier molecular flexibility index (Phi) is 6.05. The van der Waals surface area contributed by atoms with Gasteiger partial charge >= 0.3 is 0 Å². The lowest BCUT2D eigenvalue weighted by molar-refractivity contribution is 0.593. The molecule has 0 aliphatic rings. The van der Waals surface area contributed by atoms with Gasteiger partial charge in [-0.1, -0.05) is 38.7 Å².